The summed E-state index contributed by atoms with van der Waals surface area (Å²) in [6.07, 6.45) is 0.978. The van der Waals surface area contributed by atoms with Crippen molar-refractivity contribution in [3.05, 3.63) is 35.9 Å². The number of nitrogens with zero attached hydrogens (tertiary/aromatic N) is 1. The molecule has 1 rings (SSSR count). The van der Waals surface area contributed by atoms with Gasteiger partial charge in [-0.25, -0.2) is 0 Å². The fourth-order valence-corrected chi connectivity index (χ4v) is 1.61. The number of hydrogen-bond donors (Lipinski definition) is 0. The summed E-state index contributed by atoms with van der Waals surface area (Å²) in [4.78, 5) is 13.2. The first kappa shape index (κ1) is 13.7. The van der Waals surface area contributed by atoms with Gasteiger partial charge >= 0.3 is 0 Å². The largest absolute Gasteiger partial charge is 0.339 e. The van der Waals surface area contributed by atoms with Gasteiger partial charge in [-0.05, 0) is 12.1 Å². The standard InChI is InChI=1S/C11H15NO4S/c1-12(8-9-16-17(2,14)15)11(13)10-6-4-3-5-7-10/h3-7H,8-9H2,1-2H3. The third-order valence-electron chi connectivity index (χ3n) is 2.09. The van der Waals surface area contributed by atoms with E-state index in [0.717, 1.165) is 6.26 Å². The first-order chi connectivity index (χ1) is 7.90. The van der Waals surface area contributed by atoms with E-state index in [2.05, 4.69) is 4.18 Å². The Hall–Kier alpha value is -1.40. The molecule has 0 N–H and O–H groups in total. The van der Waals surface area contributed by atoms with Gasteiger partial charge in [-0.3, -0.25) is 8.98 Å². The molecule has 0 aliphatic rings. The minimum absolute atomic E-state index is 0.0338. The van der Waals surface area contributed by atoms with Crippen LogP contribution >= 0.6 is 0 Å². The fraction of sp³-hybridized carbons (Fsp3) is 0.364. The lowest BCUT2D eigenvalue weighted by molar-refractivity contribution is 0.0775. The number of rotatable bonds is 5. The summed E-state index contributed by atoms with van der Waals surface area (Å²) in [7, 11) is -1.85. The van der Waals surface area contributed by atoms with Crippen LogP contribution in [0.1, 0.15) is 10.4 Å². The van der Waals surface area contributed by atoms with E-state index in [1.54, 1.807) is 31.3 Å². The van der Waals surface area contributed by atoms with Crippen molar-refractivity contribution in [3.63, 3.8) is 0 Å². The predicted octanol–water partition coefficient (Wildman–Crippen LogP) is 0.735. The first-order valence-electron chi connectivity index (χ1n) is 5.05. The van der Waals surface area contributed by atoms with Gasteiger partial charge in [-0.1, -0.05) is 18.2 Å². The summed E-state index contributed by atoms with van der Waals surface area (Å²) in [6.45, 7) is 0.189. The van der Waals surface area contributed by atoms with Gasteiger partial charge in [0.1, 0.15) is 0 Å². The zero-order chi connectivity index (χ0) is 12.9. The second kappa shape index (κ2) is 5.79. The Morgan fingerprint density at radius 1 is 1.29 bits per heavy atom. The van der Waals surface area contributed by atoms with E-state index in [1.807, 2.05) is 6.07 Å². The first-order valence-corrected chi connectivity index (χ1v) is 6.87. The molecule has 6 heteroatoms. The van der Waals surface area contributed by atoms with Gasteiger partial charge in [0.05, 0.1) is 12.9 Å². The van der Waals surface area contributed by atoms with Crippen LogP contribution in [0.2, 0.25) is 0 Å². The van der Waals surface area contributed by atoms with Crippen molar-refractivity contribution in [3.8, 4) is 0 Å². The lowest BCUT2D eigenvalue weighted by atomic mass is 10.2. The van der Waals surface area contributed by atoms with Gasteiger partial charge in [0.15, 0.2) is 0 Å². The summed E-state index contributed by atoms with van der Waals surface area (Å²) in [5.41, 5.74) is 0.564. The second-order valence-corrected chi connectivity index (χ2v) is 5.26. The van der Waals surface area contributed by atoms with Crippen LogP contribution in [0, 0.1) is 0 Å². The van der Waals surface area contributed by atoms with Crippen LogP contribution in [-0.4, -0.2) is 45.7 Å². The molecule has 0 fully saturated rings. The molecule has 1 aromatic rings. The van der Waals surface area contributed by atoms with Crippen LogP contribution in [0.5, 0.6) is 0 Å². The van der Waals surface area contributed by atoms with Crippen molar-refractivity contribution in [1.29, 1.82) is 0 Å². The number of amides is 1. The van der Waals surface area contributed by atoms with Crippen LogP contribution < -0.4 is 0 Å². The molecule has 1 aromatic carbocycles. The quantitative estimate of drug-likeness (QED) is 0.730. The van der Waals surface area contributed by atoms with Crippen molar-refractivity contribution < 1.29 is 17.4 Å². The lowest BCUT2D eigenvalue weighted by Gasteiger charge is -2.16. The third-order valence-corrected chi connectivity index (χ3v) is 2.69. The molecule has 0 radical (unpaired) electrons. The van der Waals surface area contributed by atoms with Crippen LogP contribution in [-0.2, 0) is 14.3 Å². The van der Waals surface area contributed by atoms with E-state index in [0.29, 0.717) is 5.56 Å². The van der Waals surface area contributed by atoms with Gasteiger partial charge in [0.2, 0.25) is 0 Å². The molecule has 0 aromatic heterocycles. The smallest absolute Gasteiger partial charge is 0.264 e. The van der Waals surface area contributed by atoms with Crippen LogP contribution in [0.15, 0.2) is 30.3 Å². The van der Waals surface area contributed by atoms with Crippen molar-refractivity contribution in [2.45, 2.75) is 0 Å². The monoisotopic (exact) mass is 257 g/mol. The topological polar surface area (TPSA) is 63.7 Å². The van der Waals surface area contributed by atoms with Crippen molar-refractivity contribution in [2.24, 2.45) is 0 Å². The summed E-state index contributed by atoms with van der Waals surface area (Å²) in [6, 6.07) is 8.78. The molecule has 17 heavy (non-hydrogen) atoms. The highest BCUT2D eigenvalue weighted by molar-refractivity contribution is 7.85. The Bertz CT molecular complexity index is 470. The van der Waals surface area contributed by atoms with Crippen LogP contribution in [0.4, 0.5) is 0 Å². The number of likely N-dealkylation sites (N-methyl/N-ethyl adjacent to an activating group) is 1. The summed E-state index contributed by atoms with van der Waals surface area (Å²) >= 11 is 0. The third kappa shape index (κ3) is 4.97. The van der Waals surface area contributed by atoms with Gasteiger partial charge in [-0.15, -0.1) is 0 Å². The Labute approximate surface area is 101 Å². The van der Waals surface area contributed by atoms with Gasteiger partial charge in [-0.2, -0.15) is 8.42 Å². The lowest BCUT2D eigenvalue weighted by Crippen LogP contribution is -2.30. The van der Waals surface area contributed by atoms with E-state index in [9.17, 15) is 13.2 Å². The molecular formula is C11H15NO4S. The van der Waals surface area contributed by atoms with Crippen molar-refractivity contribution in [2.75, 3.05) is 26.5 Å². The molecule has 0 saturated carbocycles. The number of benzene rings is 1. The molecule has 0 heterocycles. The Kier molecular flexibility index (Phi) is 4.65. The highest BCUT2D eigenvalue weighted by Gasteiger charge is 2.11. The Morgan fingerprint density at radius 3 is 2.41 bits per heavy atom. The predicted molar refractivity (Wildman–Crippen MR) is 64.2 cm³/mol. The number of hydrogen-bond acceptors (Lipinski definition) is 4. The Morgan fingerprint density at radius 2 is 1.88 bits per heavy atom. The van der Waals surface area contributed by atoms with Crippen LogP contribution in [0.25, 0.3) is 0 Å². The van der Waals surface area contributed by atoms with Crippen molar-refractivity contribution >= 4 is 16.0 Å². The Balaban J connectivity index is 2.49. The van der Waals surface area contributed by atoms with Gasteiger partial charge in [0.25, 0.3) is 16.0 Å². The molecule has 1 amide bonds. The maximum absolute atomic E-state index is 11.8. The summed E-state index contributed by atoms with van der Waals surface area (Å²) in [5.74, 6) is -0.164. The molecule has 0 spiro atoms. The van der Waals surface area contributed by atoms with E-state index < -0.39 is 10.1 Å². The van der Waals surface area contributed by atoms with Crippen LogP contribution in [0.3, 0.4) is 0 Å². The minimum atomic E-state index is -3.45. The van der Waals surface area contributed by atoms with E-state index in [4.69, 9.17) is 0 Å². The molecular weight excluding hydrogens is 242 g/mol. The molecule has 0 aliphatic heterocycles. The van der Waals surface area contributed by atoms with E-state index in [1.165, 1.54) is 4.90 Å². The SMILES string of the molecule is CN(CCOS(C)(=O)=O)C(=O)c1ccccc1. The average Bonchev–Trinajstić information content (AvgIpc) is 2.27. The summed E-state index contributed by atoms with van der Waals surface area (Å²) in [5, 5.41) is 0. The highest BCUT2D eigenvalue weighted by atomic mass is 32.2. The van der Waals surface area contributed by atoms with E-state index >= 15 is 0 Å². The molecule has 0 bridgehead atoms. The van der Waals surface area contributed by atoms with Gasteiger partial charge < -0.3 is 4.90 Å². The maximum atomic E-state index is 11.8. The maximum Gasteiger partial charge on any atom is 0.264 e. The molecule has 0 unspecified atom stereocenters. The fourth-order valence-electron chi connectivity index (χ4n) is 1.23. The zero-order valence-electron chi connectivity index (χ0n) is 9.79. The minimum Gasteiger partial charge on any atom is -0.339 e. The summed E-state index contributed by atoms with van der Waals surface area (Å²) < 4.78 is 26.0. The molecule has 0 atom stereocenters. The van der Waals surface area contributed by atoms with Crippen molar-refractivity contribution in [1.82, 2.24) is 4.90 Å². The van der Waals surface area contributed by atoms with E-state index in [-0.39, 0.29) is 19.1 Å². The normalized spacial score (nSPS) is 11.2. The zero-order valence-corrected chi connectivity index (χ0v) is 10.6. The molecule has 5 nitrogen and oxygen atoms in total. The molecule has 0 aliphatic carbocycles. The number of carbonyl (C=O) groups is 1. The molecule has 0 saturated heterocycles. The second-order valence-electron chi connectivity index (χ2n) is 3.62. The molecule has 94 valence electrons. The van der Waals surface area contributed by atoms with Gasteiger partial charge in [0, 0.05) is 19.2 Å². The highest BCUT2D eigenvalue weighted by Crippen LogP contribution is 2.02. The average molecular weight is 257 g/mol. The number of carbonyl (C=O) groups excluding carboxylic acids is 1.